The van der Waals surface area contributed by atoms with Crippen LogP contribution in [-0.4, -0.2) is 33.7 Å². The third-order valence-corrected chi connectivity index (χ3v) is 18.4. The van der Waals surface area contributed by atoms with Gasteiger partial charge in [0.25, 0.3) is 0 Å². The van der Waals surface area contributed by atoms with Crippen molar-refractivity contribution >= 4 is 94.4 Å². The molecule has 0 unspecified atom stereocenters. The smallest absolute Gasteiger partial charge is 0.206 e. The van der Waals surface area contributed by atoms with Crippen molar-refractivity contribution in [2.75, 3.05) is 0 Å². The van der Waals surface area contributed by atoms with Gasteiger partial charge in [0.1, 0.15) is 11.5 Å². The molecule has 9 nitrogen and oxygen atoms in total. The van der Waals surface area contributed by atoms with Gasteiger partial charge in [0.05, 0.1) is 39.2 Å². The molecule has 0 aliphatic heterocycles. The van der Waals surface area contributed by atoms with Gasteiger partial charge in [-0.25, -0.2) is 33.7 Å². The zero-order valence-corrected chi connectivity index (χ0v) is 41.2. The highest BCUT2D eigenvalue weighted by atomic mass is 79.9. The van der Waals surface area contributed by atoms with Crippen molar-refractivity contribution in [1.82, 2.24) is 0 Å². The first-order valence-electron chi connectivity index (χ1n) is 19.0. The standard InChI is InChI=1S/C24H16Br2O5S2.C24H16Cl2O4S2/c25-17-1-9-21(10-2-17)32(27,28)23-13-5-19(6-14-23)31-20-7-15-24(16-8-20)33(29,30)22-11-3-18(26)4-12-22;25-19-5-13-23(14-6-19)31(27,28)21-9-1-17(2-10-21)18-3-11-22(12-4-18)32(29,30)24-15-7-20(26)8-16-24/h1-16H;1-16H. The lowest BCUT2D eigenvalue weighted by Crippen LogP contribution is -2.02. The van der Waals surface area contributed by atoms with Gasteiger partial charge in [-0.2, -0.15) is 0 Å². The van der Waals surface area contributed by atoms with Crippen LogP contribution in [0.15, 0.2) is 242 Å². The molecule has 0 bridgehead atoms. The predicted octanol–water partition coefficient (Wildman–Crippen LogP) is 13.0. The van der Waals surface area contributed by atoms with Crippen LogP contribution < -0.4 is 4.74 Å². The van der Waals surface area contributed by atoms with Crippen LogP contribution in [0.3, 0.4) is 0 Å². The first-order chi connectivity index (χ1) is 30.8. The first-order valence-corrected chi connectivity index (χ1v) is 27.2. The Kier molecular flexibility index (Phi) is 14.6. The lowest BCUT2D eigenvalue weighted by molar-refractivity contribution is 0.481. The Labute approximate surface area is 404 Å². The minimum Gasteiger partial charge on any atom is -0.457 e. The summed E-state index contributed by atoms with van der Waals surface area (Å²) in [6, 6.07) is 49.7. The number of rotatable bonds is 11. The van der Waals surface area contributed by atoms with Crippen molar-refractivity contribution in [3.05, 3.63) is 213 Å². The maximum atomic E-state index is 12.8. The zero-order valence-electron chi connectivity index (χ0n) is 33.3. The van der Waals surface area contributed by atoms with Crippen LogP contribution in [0.1, 0.15) is 0 Å². The van der Waals surface area contributed by atoms with E-state index in [4.69, 9.17) is 27.9 Å². The SMILES string of the molecule is O=S(=O)(c1ccc(Br)cc1)c1ccc(Oc2ccc(S(=O)(=O)c3ccc(Br)cc3)cc2)cc1.O=S(=O)(c1ccc(Cl)cc1)c1ccc(-c2ccc(S(=O)(=O)c3ccc(Cl)cc3)cc2)cc1. The Morgan fingerprint density at radius 3 is 0.692 bits per heavy atom. The summed E-state index contributed by atoms with van der Waals surface area (Å²) < 4.78 is 110. The van der Waals surface area contributed by atoms with Gasteiger partial charge in [0, 0.05) is 19.0 Å². The fraction of sp³-hybridized carbons (Fsp3) is 0. The van der Waals surface area contributed by atoms with E-state index in [-0.39, 0.29) is 39.2 Å². The average Bonchev–Trinajstić information content (AvgIpc) is 3.30. The van der Waals surface area contributed by atoms with Gasteiger partial charge in [-0.3, -0.25) is 0 Å². The van der Waals surface area contributed by atoms with Crippen LogP contribution >= 0.6 is 55.1 Å². The molecule has 0 atom stereocenters. The highest BCUT2D eigenvalue weighted by Gasteiger charge is 2.21. The summed E-state index contributed by atoms with van der Waals surface area (Å²) in [6.45, 7) is 0. The molecule has 65 heavy (non-hydrogen) atoms. The predicted molar refractivity (Wildman–Crippen MR) is 258 cm³/mol. The van der Waals surface area contributed by atoms with E-state index in [2.05, 4.69) is 31.9 Å². The van der Waals surface area contributed by atoms with E-state index in [0.29, 0.717) is 21.5 Å². The van der Waals surface area contributed by atoms with Crippen molar-refractivity contribution in [1.29, 1.82) is 0 Å². The molecule has 0 aromatic heterocycles. The van der Waals surface area contributed by atoms with Crippen molar-refractivity contribution in [2.24, 2.45) is 0 Å². The van der Waals surface area contributed by atoms with Gasteiger partial charge in [-0.1, -0.05) is 79.3 Å². The Balaban J connectivity index is 0.000000194. The molecule has 0 N–H and O–H groups in total. The van der Waals surface area contributed by atoms with E-state index in [0.717, 1.165) is 20.1 Å². The molecule has 8 aromatic rings. The van der Waals surface area contributed by atoms with E-state index in [1.807, 2.05) is 0 Å². The molecule has 0 spiro atoms. The van der Waals surface area contributed by atoms with Crippen molar-refractivity contribution < 1.29 is 38.4 Å². The van der Waals surface area contributed by atoms with Crippen molar-refractivity contribution in [2.45, 2.75) is 39.2 Å². The molecule has 8 rings (SSSR count). The summed E-state index contributed by atoms with van der Waals surface area (Å²) in [5.74, 6) is 0.849. The van der Waals surface area contributed by atoms with E-state index in [1.54, 1.807) is 72.8 Å². The highest BCUT2D eigenvalue weighted by Crippen LogP contribution is 2.31. The molecule has 0 radical (unpaired) electrons. The molecule has 17 heteroatoms. The lowest BCUT2D eigenvalue weighted by atomic mass is 10.1. The number of hydrogen-bond acceptors (Lipinski definition) is 9. The minimum absolute atomic E-state index is 0.146. The van der Waals surface area contributed by atoms with Crippen LogP contribution in [0.4, 0.5) is 0 Å². The third-order valence-electron chi connectivity index (χ3n) is 9.66. The van der Waals surface area contributed by atoms with Gasteiger partial charge in [0.15, 0.2) is 0 Å². The summed E-state index contributed by atoms with van der Waals surface area (Å²) >= 11 is 18.3. The summed E-state index contributed by atoms with van der Waals surface area (Å²) in [5, 5.41) is 0.918. The summed E-state index contributed by atoms with van der Waals surface area (Å²) in [7, 11) is -14.6. The fourth-order valence-electron chi connectivity index (χ4n) is 6.16. The second-order valence-electron chi connectivity index (χ2n) is 13.9. The quantitative estimate of drug-likeness (QED) is 0.123. The highest BCUT2D eigenvalue weighted by molar-refractivity contribution is 9.10. The molecule has 330 valence electrons. The summed E-state index contributed by atoms with van der Waals surface area (Å²) in [6.07, 6.45) is 0. The van der Waals surface area contributed by atoms with Crippen LogP contribution in [0.25, 0.3) is 11.1 Å². The third kappa shape index (κ3) is 11.1. The Bertz CT molecular complexity index is 3180. The van der Waals surface area contributed by atoms with Crippen molar-refractivity contribution in [3.63, 3.8) is 0 Å². The maximum Gasteiger partial charge on any atom is 0.206 e. The summed E-state index contributed by atoms with van der Waals surface area (Å²) in [4.78, 5) is 1.32. The molecular formula is C48H32Br2Cl2O9S4. The molecule has 0 heterocycles. The van der Waals surface area contributed by atoms with Gasteiger partial charge in [-0.05, 0) is 181 Å². The average molecular weight is 1110 g/mol. The normalized spacial score (nSPS) is 11.9. The number of hydrogen-bond donors (Lipinski definition) is 0. The number of ether oxygens (including phenoxy) is 1. The Hall–Kier alpha value is -5.10. The molecule has 0 aliphatic carbocycles. The van der Waals surface area contributed by atoms with E-state index < -0.39 is 39.3 Å². The molecule has 0 saturated carbocycles. The lowest BCUT2D eigenvalue weighted by Gasteiger charge is -2.09. The number of sulfone groups is 4. The molecule has 0 aliphatic rings. The van der Waals surface area contributed by atoms with Crippen LogP contribution in [0, 0.1) is 0 Å². The largest absolute Gasteiger partial charge is 0.457 e. The Morgan fingerprint density at radius 2 is 0.462 bits per heavy atom. The first kappa shape index (κ1) is 47.9. The molecule has 0 amide bonds. The zero-order chi connectivity index (χ0) is 46.6. The minimum atomic E-state index is -3.66. The van der Waals surface area contributed by atoms with Crippen LogP contribution in [0.5, 0.6) is 11.5 Å². The molecule has 8 aromatic carbocycles. The van der Waals surface area contributed by atoms with Gasteiger partial charge in [-0.15, -0.1) is 0 Å². The molecule has 0 fully saturated rings. The fourth-order valence-corrected chi connectivity index (χ4v) is 12.0. The van der Waals surface area contributed by atoms with Gasteiger partial charge < -0.3 is 4.74 Å². The van der Waals surface area contributed by atoms with Crippen molar-refractivity contribution in [3.8, 4) is 22.6 Å². The molecular weight excluding hydrogens is 1080 g/mol. The second kappa shape index (κ2) is 19.8. The van der Waals surface area contributed by atoms with Gasteiger partial charge in [0.2, 0.25) is 39.3 Å². The molecule has 0 saturated heterocycles. The van der Waals surface area contributed by atoms with Gasteiger partial charge >= 0.3 is 0 Å². The van der Waals surface area contributed by atoms with E-state index >= 15 is 0 Å². The number of benzene rings is 8. The topological polar surface area (TPSA) is 146 Å². The monoisotopic (exact) mass is 1110 g/mol. The second-order valence-corrected chi connectivity index (χ2v) is 24.4. The number of halogens is 4. The maximum absolute atomic E-state index is 12.8. The Morgan fingerprint density at radius 1 is 0.277 bits per heavy atom. The van der Waals surface area contributed by atoms with Crippen LogP contribution in [-0.2, 0) is 39.3 Å². The van der Waals surface area contributed by atoms with E-state index in [9.17, 15) is 33.7 Å². The van der Waals surface area contributed by atoms with Crippen LogP contribution in [0.2, 0.25) is 10.0 Å². The van der Waals surface area contributed by atoms with E-state index in [1.165, 1.54) is 121 Å². The summed E-state index contributed by atoms with van der Waals surface area (Å²) in [5.41, 5.74) is 1.52.